The number of fused-ring (bicyclic) bond motifs is 1. The van der Waals surface area contributed by atoms with E-state index >= 15 is 0 Å². The number of aromatic nitrogens is 4. The lowest BCUT2D eigenvalue weighted by Gasteiger charge is -2.10. The molecule has 0 saturated heterocycles. The Morgan fingerprint density at radius 2 is 2.17 bits per heavy atom. The topological polar surface area (TPSA) is 124 Å². The minimum Gasteiger partial charge on any atom is -0.360 e. The molecule has 0 aromatic carbocycles. The van der Waals surface area contributed by atoms with E-state index in [-0.39, 0.29) is 23.3 Å². The molecule has 0 bridgehead atoms. The molecule has 0 aliphatic rings. The number of amides is 2. The van der Waals surface area contributed by atoms with Crippen molar-refractivity contribution in [2.45, 2.75) is 32.1 Å². The summed E-state index contributed by atoms with van der Waals surface area (Å²) in [5.74, 6) is 0.690. The third-order valence-electron chi connectivity index (χ3n) is 4.07. The maximum absolute atomic E-state index is 12.2. The van der Waals surface area contributed by atoms with Gasteiger partial charge in [0.2, 0.25) is 11.8 Å². The van der Waals surface area contributed by atoms with Crippen molar-refractivity contribution in [3.05, 3.63) is 46.7 Å². The van der Waals surface area contributed by atoms with Crippen molar-refractivity contribution in [2.75, 3.05) is 17.6 Å². The number of thioether (sulfide) groups is 1. The van der Waals surface area contributed by atoms with Gasteiger partial charge in [-0.25, -0.2) is 9.48 Å². The lowest BCUT2D eigenvalue weighted by atomic mass is 10.4. The molecular formula is C18H22N6O4S. The van der Waals surface area contributed by atoms with E-state index in [9.17, 15) is 14.4 Å². The Morgan fingerprint density at radius 3 is 2.90 bits per heavy atom. The molecule has 0 aliphatic carbocycles. The molecule has 0 saturated carbocycles. The van der Waals surface area contributed by atoms with E-state index in [1.54, 1.807) is 38.2 Å². The Kier molecular flexibility index (Phi) is 6.70. The summed E-state index contributed by atoms with van der Waals surface area (Å²) in [5, 5.41) is 12.9. The zero-order chi connectivity index (χ0) is 20.8. The molecule has 0 spiro atoms. The van der Waals surface area contributed by atoms with Gasteiger partial charge in [0, 0.05) is 25.4 Å². The molecule has 2 N–H and O–H groups in total. The van der Waals surface area contributed by atoms with E-state index in [0.717, 1.165) is 0 Å². The van der Waals surface area contributed by atoms with E-state index in [1.807, 2.05) is 6.07 Å². The molecule has 3 aromatic heterocycles. The Morgan fingerprint density at radius 1 is 1.34 bits per heavy atom. The summed E-state index contributed by atoms with van der Waals surface area (Å²) in [4.78, 5) is 36.2. The maximum atomic E-state index is 12.2. The van der Waals surface area contributed by atoms with Gasteiger partial charge in [0.1, 0.15) is 5.76 Å². The van der Waals surface area contributed by atoms with Gasteiger partial charge in [0.15, 0.2) is 11.5 Å². The maximum Gasteiger partial charge on any atom is 0.350 e. The lowest BCUT2D eigenvalue weighted by molar-refractivity contribution is -0.118. The molecule has 0 radical (unpaired) electrons. The van der Waals surface area contributed by atoms with Gasteiger partial charge in [-0.05, 0) is 32.4 Å². The number of aryl methyl sites for hydroxylation is 2. The van der Waals surface area contributed by atoms with Crippen molar-refractivity contribution in [3.8, 4) is 0 Å². The lowest BCUT2D eigenvalue weighted by Crippen LogP contribution is -2.30. The zero-order valence-electron chi connectivity index (χ0n) is 16.1. The highest BCUT2D eigenvalue weighted by Gasteiger charge is 2.16. The summed E-state index contributed by atoms with van der Waals surface area (Å²) < 4.78 is 7.75. The van der Waals surface area contributed by atoms with Crippen LogP contribution in [0.2, 0.25) is 0 Å². The highest BCUT2D eigenvalue weighted by Crippen LogP contribution is 2.14. The van der Waals surface area contributed by atoms with Gasteiger partial charge in [0.05, 0.1) is 11.0 Å². The van der Waals surface area contributed by atoms with E-state index in [4.69, 9.17) is 4.52 Å². The number of hydrogen-bond donors (Lipinski definition) is 2. The van der Waals surface area contributed by atoms with Crippen LogP contribution in [0.3, 0.4) is 0 Å². The Bertz CT molecular complexity index is 1060. The minimum atomic E-state index is -0.422. The molecule has 3 heterocycles. The first-order valence-electron chi connectivity index (χ1n) is 9.11. The van der Waals surface area contributed by atoms with Gasteiger partial charge >= 0.3 is 5.69 Å². The van der Waals surface area contributed by atoms with Crippen molar-refractivity contribution in [1.82, 2.24) is 24.7 Å². The van der Waals surface area contributed by atoms with E-state index in [0.29, 0.717) is 36.7 Å². The molecule has 3 aromatic rings. The standard InChI is InChI=1S/C18H22N6O4S/c1-12-10-14(22-28-12)20-17(26)13(2)29-11-16(25)19-7-5-9-24-18(27)23-8-4-3-6-15(23)21-24/h3-4,6,8,10,13H,5,7,9,11H2,1-2H3,(H,19,25)(H,20,22,26)/t13-/m0/s1. The molecule has 154 valence electrons. The molecule has 29 heavy (non-hydrogen) atoms. The van der Waals surface area contributed by atoms with Gasteiger partial charge < -0.3 is 15.2 Å². The Hall–Kier alpha value is -3.08. The highest BCUT2D eigenvalue weighted by atomic mass is 32.2. The van der Waals surface area contributed by atoms with Crippen LogP contribution >= 0.6 is 11.8 Å². The molecule has 2 amide bonds. The monoisotopic (exact) mass is 418 g/mol. The van der Waals surface area contributed by atoms with Crippen LogP contribution in [0.25, 0.3) is 5.65 Å². The average Bonchev–Trinajstić information content (AvgIpc) is 3.26. The number of pyridine rings is 1. The second-order valence-electron chi connectivity index (χ2n) is 6.40. The number of hydrogen-bond acceptors (Lipinski definition) is 7. The fourth-order valence-corrected chi connectivity index (χ4v) is 3.26. The fraction of sp³-hybridized carbons (Fsp3) is 0.389. The summed E-state index contributed by atoms with van der Waals surface area (Å²) in [6.45, 7) is 4.27. The van der Waals surface area contributed by atoms with E-state index in [2.05, 4.69) is 20.9 Å². The number of nitrogens with zero attached hydrogens (tertiary/aromatic N) is 4. The SMILES string of the molecule is Cc1cc(NC(=O)[C@H](C)SCC(=O)NCCCn2nc3ccccn3c2=O)no1. The molecule has 11 heteroatoms. The Balaban J connectivity index is 1.35. The van der Waals surface area contributed by atoms with Crippen molar-refractivity contribution in [3.63, 3.8) is 0 Å². The molecule has 10 nitrogen and oxygen atoms in total. The smallest absolute Gasteiger partial charge is 0.350 e. The zero-order valence-corrected chi connectivity index (χ0v) is 16.9. The summed E-state index contributed by atoms with van der Waals surface area (Å²) in [7, 11) is 0. The molecular weight excluding hydrogens is 396 g/mol. The van der Waals surface area contributed by atoms with Crippen molar-refractivity contribution < 1.29 is 14.1 Å². The molecule has 0 aliphatic heterocycles. The van der Waals surface area contributed by atoms with Crippen LogP contribution in [0, 0.1) is 6.92 Å². The summed E-state index contributed by atoms with van der Waals surface area (Å²) in [6.07, 6.45) is 2.24. The van der Waals surface area contributed by atoms with Crippen LogP contribution in [0.1, 0.15) is 19.1 Å². The van der Waals surface area contributed by atoms with Crippen molar-refractivity contribution in [1.29, 1.82) is 0 Å². The van der Waals surface area contributed by atoms with Crippen LogP contribution in [0.15, 0.2) is 39.8 Å². The Labute approximate surface area is 170 Å². The van der Waals surface area contributed by atoms with Gasteiger partial charge in [-0.1, -0.05) is 11.2 Å². The van der Waals surface area contributed by atoms with Crippen molar-refractivity contribution in [2.24, 2.45) is 0 Å². The predicted octanol–water partition coefficient (Wildman–Crippen LogP) is 1.06. The molecule has 0 fully saturated rings. The second-order valence-corrected chi connectivity index (χ2v) is 7.73. The first-order chi connectivity index (χ1) is 13.9. The number of anilines is 1. The summed E-state index contributed by atoms with van der Waals surface area (Å²) >= 11 is 1.23. The van der Waals surface area contributed by atoms with Crippen LogP contribution in [-0.2, 0) is 16.1 Å². The fourth-order valence-electron chi connectivity index (χ4n) is 2.55. The van der Waals surface area contributed by atoms with Crippen molar-refractivity contribution >= 4 is 35.0 Å². The summed E-state index contributed by atoms with van der Waals surface area (Å²) in [5.41, 5.74) is 0.385. The summed E-state index contributed by atoms with van der Waals surface area (Å²) in [6, 6.07) is 6.97. The quantitative estimate of drug-likeness (QED) is 0.498. The molecule has 1 atom stereocenters. The average molecular weight is 418 g/mol. The van der Waals surface area contributed by atoms with Gasteiger partial charge in [0.25, 0.3) is 0 Å². The largest absolute Gasteiger partial charge is 0.360 e. The minimum absolute atomic E-state index is 0.154. The van der Waals surface area contributed by atoms with Crippen LogP contribution in [0.5, 0.6) is 0 Å². The van der Waals surface area contributed by atoms with E-state index in [1.165, 1.54) is 20.8 Å². The number of carbonyl (C=O) groups is 2. The van der Waals surface area contributed by atoms with Gasteiger partial charge in [-0.15, -0.1) is 16.9 Å². The molecule has 0 unspecified atom stereocenters. The van der Waals surface area contributed by atoms with Gasteiger partial charge in [-0.2, -0.15) is 0 Å². The van der Waals surface area contributed by atoms with E-state index < -0.39 is 5.25 Å². The number of rotatable bonds is 9. The number of carbonyl (C=O) groups excluding carboxylic acids is 2. The predicted molar refractivity (Wildman–Crippen MR) is 109 cm³/mol. The second kappa shape index (κ2) is 9.41. The van der Waals surface area contributed by atoms with Crippen LogP contribution < -0.4 is 16.3 Å². The normalized spacial score (nSPS) is 12.1. The third-order valence-corrected chi connectivity index (χ3v) is 5.21. The first-order valence-corrected chi connectivity index (χ1v) is 10.2. The first kappa shape index (κ1) is 20.6. The van der Waals surface area contributed by atoms with Crippen LogP contribution in [-0.4, -0.2) is 48.7 Å². The van der Waals surface area contributed by atoms with Crippen LogP contribution in [0.4, 0.5) is 5.82 Å². The number of nitrogens with one attached hydrogen (secondary N) is 2. The highest BCUT2D eigenvalue weighted by molar-refractivity contribution is 8.01. The van der Waals surface area contributed by atoms with Gasteiger partial charge in [-0.3, -0.25) is 14.0 Å². The molecule has 3 rings (SSSR count). The third kappa shape index (κ3) is 5.47.